The third-order valence-corrected chi connectivity index (χ3v) is 5.97. The monoisotopic (exact) mass is 340 g/mol. The van der Waals surface area contributed by atoms with Gasteiger partial charge >= 0.3 is 0 Å². The second kappa shape index (κ2) is 5.81. The van der Waals surface area contributed by atoms with Crippen LogP contribution in [-0.4, -0.2) is 35.2 Å². The molecule has 0 aliphatic heterocycles. The molecular weight excluding hydrogens is 324 g/mol. The Morgan fingerprint density at radius 2 is 1.18 bits per heavy atom. The molecule has 22 heavy (non-hydrogen) atoms. The van der Waals surface area contributed by atoms with Crippen molar-refractivity contribution < 1.29 is 16.8 Å². The molecule has 0 aliphatic carbocycles. The fourth-order valence-corrected chi connectivity index (χ4v) is 3.90. The van der Waals surface area contributed by atoms with E-state index in [0.29, 0.717) is 5.56 Å². The van der Waals surface area contributed by atoms with Gasteiger partial charge in [-0.3, -0.25) is 0 Å². The lowest BCUT2D eigenvalue weighted by molar-refractivity contribution is 0.521. The Labute approximate surface area is 130 Å². The zero-order valence-corrected chi connectivity index (χ0v) is 13.7. The Morgan fingerprint density at radius 3 is 1.64 bits per heavy atom. The maximum absolute atomic E-state index is 12.4. The quantitative estimate of drug-likeness (QED) is 0.905. The third-order valence-electron chi connectivity index (χ3n) is 3.13. The molecular formula is C14H16N2O4S2. The van der Waals surface area contributed by atoms with Crippen LogP contribution in [0.3, 0.4) is 0 Å². The van der Waals surface area contributed by atoms with Crippen molar-refractivity contribution in [2.45, 2.75) is 9.79 Å². The van der Waals surface area contributed by atoms with Gasteiger partial charge < -0.3 is 0 Å². The fourth-order valence-electron chi connectivity index (χ4n) is 2.05. The molecule has 2 aromatic rings. The van der Waals surface area contributed by atoms with E-state index >= 15 is 0 Å². The van der Waals surface area contributed by atoms with E-state index in [-0.39, 0.29) is 15.4 Å². The summed E-state index contributed by atoms with van der Waals surface area (Å²) in [5.74, 6) is 0. The maximum atomic E-state index is 12.4. The lowest BCUT2D eigenvalue weighted by Gasteiger charge is -2.16. The molecule has 6 nitrogen and oxygen atoms in total. The molecule has 2 aromatic carbocycles. The number of nitrogens with two attached hydrogens (primary N) is 1. The second-order valence-electron chi connectivity index (χ2n) is 4.82. The van der Waals surface area contributed by atoms with Crippen molar-refractivity contribution in [2.75, 3.05) is 14.1 Å². The van der Waals surface area contributed by atoms with E-state index in [4.69, 9.17) is 5.14 Å². The number of sulfonamides is 2. The van der Waals surface area contributed by atoms with Crippen LogP contribution in [0.15, 0.2) is 58.3 Å². The molecule has 8 heteroatoms. The molecule has 0 atom stereocenters. The van der Waals surface area contributed by atoms with E-state index in [9.17, 15) is 16.8 Å². The number of primary sulfonamides is 1. The molecule has 0 heterocycles. The van der Waals surface area contributed by atoms with E-state index in [1.807, 2.05) is 0 Å². The lowest BCUT2D eigenvalue weighted by atomic mass is 10.1. The van der Waals surface area contributed by atoms with Gasteiger partial charge in [0.1, 0.15) is 0 Å². The van der Waals surface area contributed by atoms with Crippen molar-refractivity contribution in [3.8, 4) is 11.1 Å². The van der Waals surface area contributed by atoms with Gasteiger partial charge in [0.15, 0.2) is 0 Å². The average molecular weight is 340 g/mol. The summed E-state index contributed by atoms with van der Waals surface area (Å²) in [4.78, 5) is -0.0903. The van der Waals surface area contributed by atoms with E-state index < -0.39 is 20.0 Å². The first-order chi connectivity index (χ1) is 10.2. The van der Waals surface area contributed by atoms with Crippen LogP contribution in [0.25, 0.3) is 11.1 Å². The highest BCUT2D eigenvalue weighted by Crippen LogP contribution is 2.32. The minimum Gasteiger partial charge on any atom is -0.225 e. The Kier molecular flexibility index (Phi) is 4.39. The highest BCUT2D eigenvalue weighted by molar-refractivity contribution is 7.89. The smallest absolute Gasteiger partial charge is 0.225 e. The molecule has 0 radical (unpaired) electrons. The second-order valence-corrected chi connectivity index (χ2v) is 8.47. The zero-order valence-electron chi connectivity index (χ0n) is 12.1. The Hall–Kier alpha value is -1.74. The van der Waals surface area contributed by atoms with Crippen molar-refractivity contribution in [3.63, 3.8) is 0 Å². The van der Waals surface area contributed by atoms with Crippen molar-refractivity contribution in [3.05, 3.63) is 48.5 Å². The fraction of sp³-hybridized carbons (Fsp3) is 0.143. The van der Waals surface area contributed by atoms with E-state index in [2.05, 4.69) is 0 Å². The highest BCUT2D eigenvalue weighted by atomic mass is 32.2. The molecule has 0 aromatic heterocycles. The molecule has 0 saturated carbocycles. The van der Waals surface area contributed by atoms with Crippen LogP contribution in [0.2, 0.25) is 0 Å². The summed E-state index contributed by atoms with van der Waals surface area (Å²) in [6.45, 7) is 0. The maximum Gasteiger partial charge on any atom is 0.243 e. The van der Waals surface area contributed by atoms with Crippen LogP contribution in [-0.2, 0) is 20.0 Å². The first-order valence-corrected chi connectivity index (χ1v) is 9.28. The molecule has 2 N–H and O–H groups in total. The molecule has 0 fully saturated rings. The van der Waals surface area contributed by atoms with Gasteiger partial charge in [-0.15, -0.1) is 0 Å². The van der Waals surface area contributed by atoms with Gasteiger partial charge in [0, 0.05) is 25.2 Å². The lowest BCUT2D eigenvalue weighted by Crippen LogP contribution is -2.23. The Bertz CT molecular complexity index is 904. The molecule has 0 unspecified atom stereocenters. The molecule has 0 bridgehead atoms. The van der Waals surface area contributed by atoms with Crippen molar-refractivity contribution in [1.29, 1.82) is 0 Å². The van der Waals surface area contributed by atoms with Crippen LogP contribution in [0.4, 0.5) is 0 Å². The number of nitrogens with zero attached hydrogens (tertiary/aromatic N) is 1. The van der Waals surface area contributed by atoms with Crippen LogP contribution >= 0.6 is 0 Å². The zero-order chi connectivity index (χ0) is 16.5. The summed E-state index contributed by atoms with van der Waals surface area (Å²) in [7, 11) is -4.86. The van der Waals surface area contributed by atoms with Crippen LogP contribution < -0.4 is 5.14 Å². The van der Waals surface area contributed by atoms with Gasteiger partial charge in [-0.2, -0.15) is 0 Å². The normalized spacial score (nSPS) is 12.5. The summed E-state index contributed by atoms with van der Waals surface area (Å²) < 4.78 is 49.4. The van der Waals surface area contributed by atoms with Crippen molar-refractivity contribution in [1.82, 2.24) is 4.31 Å². The van der Waals surface area contributed by atoms with Gasteiger partial charge in [-0.1, -0.05) is 36.4 Å². The SMILES string of the molecule is CN(C)S(=O)(=O)c1ccccc1-c1ccccc1S(N)(=O)=O. The summed E-state index contributed by atoms with van der Waals surface area (Å²) in [5.41, 5.74) is 0.548. The highest BCUT2D eigenvalue weighted by Gasteiger charge is 2.24. The summed E-state index contributed by atoms with van der Waals surface area (Å²) in [6, 6.07) is 12.3. The Balaban J connectivity index is 2.83. The number of rotatable bonds is 4. The van der Waals surface area contributed by atoms with Gasteiger partial charge in [-0.05, 0) is 12.1 Å². The Morgan fingerprint density at radius 1 is 0.773 bits per heavy atom. The molecule has 0 amide bonds. The molecule has 2 rings (SSSR count). The van der Waals surface area contributed by atoms with Gasteiger partial charge in [0.05, 0.1) is 9.79 Å². The first kappa shape index (κ1) is 16.6. The average Bonchev–Trinajstić information content (AvgIpc) is 2.46. The van der Waals surface area contributed by atoms with Gasteiger partial charge in [0.25, 0.3) is 0 Å². The summed E-state index contributed by atoms with van der Waals surface area (Å²) in [6.07, 6.45) is 0. The van der Waals surface area contributed by atoms with E-state index in [1.54, 1.807) is 24.3 Å². The standard InChI is InChI=1S/C14H16N2O4S2/c1-16(2)22(19,20)14-10-6-4-8-12(14)11-7-3-5-9-13(11)21(15,17)18/h3-10H,1-2H3,(H2,15,17,18). The molecule has 118 valence electrons. The van der Waals surface area contributed by atoms with E-state index in [1.165, 1.54) is 38.4 Å². The first-order valence-electron chi connectivity index (χ1n) is 6.29. The van der Waals surface area contributed by atoms with Crippen molar-refractivity contribution >= 4 is 20.0 Å². The predicted molar refractivity (Wildman–Crippen MR) is 84.1 cm³/mol. The molecule has 0 aliphatic rings. The number of hydrogen-bond acceptors (Lipinski definition) is 4. The summed E-state index contributed by atoms with van der Waals surface area (Å²) >= 11 is 0. The third kappa shape index (κ3) is 3.05. The van der Waals surface area contributed by atoms with E-state index in [0.717, 1.165) is 4.31 Å². The van der Waals surface area contributed by atoms with Gasteiger partial charge in [0.2, 0.25) is 20.0 Å². The van der Waals surface area contributed by atoms with Crippen molar-refractivity contribution in [2.24, 2.45) is 5.14 Å². The van der Waals surface area contributed by atoms with Crippen LogP contribution in [0.5, 0.6) is 0 Å². The molecule has 0 spiro atoms. The topological polar surface area (TPSA) is 97.5 Å². The summed E-state index contributed by atoms with van der Waals surface area (Å²) in [5, 5.41) is 5.23. The van der Waals surface area contributed by atoms with Crippen LogP contribution in [0, 0.1) is 0 Å². The molecule has 0 saturated heterocycles. The largest absolute Gasteiger partial charge is 0.243 e. The van der Waals surface area contributed by atoms with Gasteiger partial charge in [-0.25, -0.2) is 26.3 Å². The minimum absolute atomic E-state index is 0.0242. The number of hydrogen-bond donors (Lipinski definition) is 1. The number of benzene rings is 2. The van der Waals surface area contributed by atoms with Crippen LogP contribution in [0.1, 0.15) is 0 Å². The predicted octanol–water partition coefficient (Wildman–Crippen LogP) is 1.25. The minimum atomic E-state index is -3.97.